The fraction of sp³-hybridized carbons (Fsp3) is 0.353. The molecule has 3 heterocycles. The van der Waals surface area contributed by atoms with Gasteiger partial charge in [-0.2, -0.15) is 0 Å². The van der Waals surface area contributed by atoms with Gasteiger partial charge in [0.2, 0.25) is 0 Å². The van der Waals surface area contributed by atoms with E-state index in [1.807, 2.05) is 13.8 Å². The van der Waals surface area contributed by atoms with Crippen LogP contribution in [-0.2, 0) is 11.2 Å². The predicted molar refractivity (Wildman–Crippen MR) is 83.3 cm³/mol. The molecule has 3 rings (SSSR count). The molecule has 1 amide bonds. The third kappa shape index (κ3) is 2.82. The molecule has 23 heavy (non-hydrogen) atoms. The molecular weight excluding hydrogens is 297 g/mol. The predicted octanol–water partition coefficient (Wildman–Crippen LogP) is 2.71. The molecule has 2 atom stereocenters. The number of hydrogen-bond acceptors (Lipinski definition) is 4. The Balaban J connectivity index is 2.28. The molecule has 0 spiro atoms. The molecule has 2 aromatic heterocycles. The van der Waals surface area contributed by atoms with E-state index in [1.165, 1.54) is 12.1 Å². The normalized spacial score (nSPS) is 20.2. The maximum atomic E-state index is 14.4. The van der Waals surface area contributed by atoms with Crippen LogP contribution < -0.4 is 5.73 Å². The molecule has 120 valence electrons. The molecule has 0 saturated heterocycles. The van der Waals surface area contributed by atoms with E-state index in [4.69, 9.17) is 10.5 Å². The highest BCUT2D eigenvalue weighted by atomic mass is 19.1. The number of aryl methyl sites for hydroxylation is 1. The number of rotatable bonds is 2. The van der Waals surface area contributed by atoms with Gasteiger partial charge in [0.25, 0.3) is 5.91 Å². The highest BCUT2D eigenvalue weighted by Gasteiger charge is 2.28. The zero-order chi connectivity index (χ0) is 16.7. The van der Waals surface area contributed by atoms with Gasteiger partial charge in [-0.05, 0) is 44.0 Å². The van der Waals surface area contributed by atoms with Crippen molar-refractivity contribution in [1.29, 1.82) is 0 Å². The van der Waals surface area contributed by atoms with Crippen LogP contribution in [0.25, 0.3) is 11.3 Å². The summed E-state index contributed by atoms with van der Waals surface area (Å²) in [6, 6.07) is 2.94. The summed E-state index contributed by atoms with van der Waals surface area (Å²) in [6.45, 7) is 5.58. The summed E-state index contributed by atoms with van der Waals surface area (Å²) in [4.78, 5) is 20.1. The minimum Gasteiger partial charge on any atom is -0.369 e. The first-order chi connectivity index (χ1) is 10.9. The summed E-state index contributed by atoms with van der Waals surface area (Å²) in [5, 5.41) is 0. The number of aromatic nitrogens is 2. The molecule has 0 aromatic carbocycles. The smallest absolute Gasteiger partial charge is 0.267 e. The monoisotopic (exact) mass is 315 g/mol. The number of ether oxygens (including phenoxy) is 1. The molecule has 5 nitrogen and oxygen atoms in total. The molecule has 0 fully saturated rings. The van der Waals surface area contributed by atoms with E-state index in [9.17, 15) is 9.18 Å². The molecule has 0 bridgehead atoms. The first-order valence-electron chi connectivity index (χ1n) is 7.48. The highest BCUT2D eigenvalue weighted by Crippen LogP contribution is 2.36. The Hall–Kier alpha value is -2.34. The fourth-order valence-corrected chi connectivity index (χ4v) is 2.96. The number of nitrogens with zero attached hydrogens (tertiary/aromatic N) is 2. The number of carbonyl (C=O) groups is 1. The average molecular weight is 315 g/mol. The van der Waals surface area contributed by atoms with Crippen molar-refractivity contribution in [3.05, 3.63) is 46.7 Å². The number of halogens is 1. The summed E-state index contributed by atoms with van der Waals surface area (Å²) in [7, 11) is 0. The van der Waals surface area contributed by atoms with Gasteiger partial charge in [0.05, 0.1) is 17.9 Å². The van der Waals surface area contributed by atoms with Crippen molar-refractivity contribution < 1.29 is 13.9 Å². The SMILES string of the molecule is Cc1cnc(-c2cc(C(N)=O)nc3c2C[C@H](C)O[C@@H]3C)c(F)c1. The maximum Gasteiger partial charge on any atom is 0.267 e. The van der Waals surface area contributed by atoms with Gasteiger partial charge in [0.1, 0.15) is 17.2 Å². The summed E-state index contributed by atoms with van der Waals surface area (Å²) < 4.78 is 20.2. The quantitative estimate of drug-likeness (QED) is 0.924. The third-order valence-electron chi connectivity index (χ3n) is 3.95. The molecule has 0 unspecified atom stereocenters. The second kappa shape index (κ2) is 5.70. The van der Waals surface area contributed by atoms with Crippen LogP contribution in [0.1, 0.15) is 47.3 Å². The van der Waals surface area contributed by atoms with E-state index in [2.05, 4.69) is 9.97 Å². The van der Waals surface area contributed by atoms with Gasteiger partial charge in [0.15, 0.2) is 0 Å². The van der Waals surface area contributed by atoms with E-state index in [-0.39, 0.29) is 23.6 Å². The minimum absolute atomic E-state index is 0.0222. The van der Waals surface area contributed by atoms with E-state index in [0.29, 0.717) is 17.7 Å². The van der Waals surface area contributed by atoms with Gasteiger partial charge in [-0.1, -0.05) is 0 Å². The van der Waals surface area contributed by atoms with Gasteiger partial charge >= 0.3 is 0 Å². The summed E-state index contributed by atoms with van der Waals surface area (Å²) in [5.41, 5.74) is 8.44. The Morgan fingerprint density at radius 1 is 1.39 bits per heavy atom. The average Bonchev–Trinajstić information content (AvgIpc) is 2.46. The van der Waals surface area contributed by atoms with Crippen molar-refractivity contribution >= 4 is 5.91 Å². The molecule has 0 saturated carbocycles. The van der Waals surface area contributed by atoms with Crippen LogP contribution in [0.4, 0.5) is 4.39 Å². The van der Waals surface area contributed by atoms with Gasteiger partial charge in [-0.25, -0.2) is 9.37 Å². The lowest BCUT2D eigenvalue weighted by Gasteiger charge is -2.29. The van der Waals surface area contributed by atoms with E-state index < -0.39 is 11.7 Å². The van der Waals surface area contributed by atoms with Gasteiger partial charge in [0, 0.05) is 18.2 Å². The number of nitrogens with two attached hydrogens (primary N) is 1. The van der Waals surface area contributed by atoms with Crippen molar-refractivity contribution in [3.8, 4) is 11.3 Å². The summed E-state index contributed by atoms with van der Waals surface area (Å²) >= 11 is 0. The molecule has 1 aliphatic rings. The molecule has 2 aromatic rings. The number of hydrogen-bond donors (Lipinski definition) is 1. The van der Waals surface area contributed by atoms with E-state index in [1.54, 1.807) is 13.1 Å². The van der Waals surface area contributed by atoms with Crippen molar-refractivity contribution in [1.82, 2.24) is 9.97 Å². The summed E-state index contributed by atoms with van der Waals surface area (Å²) in [6.07, 6.45) is 1.86. The lowest BCUT2D eigenvalue weighted by Crippen LogP contribution is -2.26. The second-order valence-corrected chi connectivity index (χ2v) is 5.92. The van der Waals surface area contributed by atoms with Crippen molar-refractivity contribution in [2.24, 2.45) is 5.73 Å². The van der Waals surface area contributed by atoms with Crippen LogP contribution in [0.2, 0.25) is 0 Å². The van der Waals surface area contributed by atoms with Gasteiger partial charge < -0.3 is 10.5 Å². The van der Waals surface area contributed by atoms with Crippen LogP contribution in [0.15, 0.2) is 18.3 Å². The number of primary amides is 1. The number of fused-ring (bicyclic) bond motifs is 1. The topological polar surface area (TPSA) is 78.1 Å². The van der Waals surface area contributed by atoms with Gasteiger partial charge in [-0.15, -0.1) is 0 Å². The Kier molecular flexibility index (Phi) is 3.85. The summed E-state index contributed by atoms with van der Waals surface area (Å²) in [5.74, 6) is -1.09. The molecule has 2 N–H and O–H groups in total. The van der Waals surface area contributed by atoms with Crippen molar-refractivity contribution in [3.63, 3.8) is 0 Å². The fourth-order valence-electron chi connectivity index (χ4n) is 2.96. The lowest BCUT2D eigenvalue weighted by molar-refractivity contribution is -0.00740. The zero-order valence-electron chi connectivity index (χ0n) is 13.3. The number of carbonyl (C=O) groups excluding carboxylic acids is 1. The largest absolute Gasteiger partial charge is 0.369 e. The highest BCUT2D eigenvalue weighted by molar-refractivity contribution is 5.92. The number of pyridine rings is 2. The maximum absolute atomic E-state index is 14.4. The van der Waals surface area contributed by atoms with E-state index in [0.717, 1.165) is 11.1 Å². The van der Waals surface area contributed by atoms with Crippen LogP contribution in [0, 0.1) is 12.7 Å². The van der Waals surface area contributed by atoms with Gasteiger partial charge in [-0.3, -0.25) is 9.78 Å². The first-order valence-corrected chi connectivity index (χ1v) is 7.48. The number of amides is 1. The van der Waals surface area contributed by atoms with Crippen molar-refractivity contribution in [2.45, 2.75) is 39.4 Å². The Morgan fingerprint density at radius 3 is 2.78 bits per heavy atom. The minimum atomic E-state index is -0.660. The standard InChI is InChI=1S/C17H18FN3O2/c1-8-4-13(18)16(20-7-8)12-6-14(17(19)22)21-15-10(3)23-9(2)5-11(12)15/h4,6-7,9-10H,5H2,1-3H3,(H2,19,22)/t9-,10+/m0/s1. The van der Waals surface area contributed by atoms with Crippen LogP contribution >= 0.6 is 0 Å². The van der Waals surface area contributed by atoms with Crippen LogP contribution in [0.3, 0.4) is 0 Å². The van der Waals surface area contributed by atoms with E-state index >= 15 is 0 Å². The Morgan fingerprint density at radius 2 is 2.13 bits per heavy atom. The Bertz CT molecular complexity index is 792. The first kappa shape index (κ1) is 15.6. The molecule has 1 aliphatic heterocycles. The second-order valence-electron chi connectivity index (χ2n) is 5.92. The zero-order valence-corrected chi connectivity index (χ0v) is 13.3. The molecule has 0 aliphatic carbocycles. The lowest BCUT2D eigenvalue weighted by atomic mass is 9.92. The van der Waals surface area contributed by atoms with Crippen molar-refractivity contribution in [2.75, 3.05) is 0 Å². The molecule has 6 heteroatoms. The Labute approximate surface area is 133 Å². The molecule has 0 radical (unpaired) electrons. The van der Waals surface area contributed by atoms with Crippen LogP contribution in [-0.4, -0.2) is 22.0 Å². The third-order valence-corrected chi connectivity index (χ3v) is 3.95. The van der Waals surface area contributed by atoms with Crippen LogP contribution in [0.5, 0.6) is 0 Å². The molecular formula is C17H18FN3O2.